The zero-order valence-electron chi connectivity index (χ0n) is 10.6. The van der Waals surface area contributed by atoms with Gasteiger partial charge in [0.1, 0.15) is 0 Å². The Labute approximate surface area is 94.4 Å². The molecule has 0 radical (unpaired) electrons. The maximum atomic E-state index is 3.56. The highest BCUT2D eigenvalue weighted by Crippen LogP contribution is 2.51. The first-order chi connectivity index (χ1) is 7.08. The zero-order chi connectivity index (χ0) is 10.9. The third kappa shape index (κ3) is 3.18. The largest absolute Gasteiger partial charge is 0.314 e. The summed E-state index contributed by atoms with van der Waals surface area (Å²) in [5.41, 5.74) is 0.645. The van der Waals surface area contributed by atoms with Crippen LogP contribution in [0.2, 0.25) is 0 Å². The second kappa shape index (κ2) is 4.42. The van der Waals surface area contributed by atoms with Crippen molar-refractivity contribution in [3.8, 4) is 0 Å². The molecule has 0 aromatic heterocycles. The quantitative estimate of drug-likeness (QED) is 0.751. The second-order valence-corrected chi connectivity index (χ2v) is 6.19. The number of nitrogens with one attached hydrogen (secondary N) is 1. The monoisotopic (exact) mass is 210 g/mol. The van der Waals surface area contributed by atoms with E-state index in [1.54, 1.807) is 0 Å². The summed E-state index contributed by atoms with van der Waals surface area (Å²) >= 11 is 0. The van der Waals surface area contributed by atoms with Crippen molar-refractivity contribution in [2.45, 2.75) is 46.1 Å². The fourth-order valence-electron chi connectivity index (χ4n) is 2.62. The van der Waals surface area contributed by atoms with E-state index in [1.807, 2.05) is 0 Å². The van der Waals surface area contributed by atoms with Gasteiger partial charge in [-0.2, -0.15) is 0 Å². The molecule has 0 amide bonds. The van der Waals surface area contributed by atoms with Crippen molar-refractivity contribution in [3.05, 3.63) is 0 Å². The van der Waals surface area contributed by atoms with Gasteiger partial charge in [0.25, 0.3) is 0 Å². The summed E-state index contributed by atoms with van der Waals surface area (Å²) < 4.78 is 0. The molecule has 0 aromatic rings. The molecule has 2 heteroatoms. The first kappa shape index (κ1) is 11.4. The van der Waals surface area contributed by atoms with Gasteiger partial charge in [-0.3, -0.25) is 0 Å². The van der Waals surface area contributed by atoms with Gasteiger partial charge in [-0.15, -0.1) is 0 Å². The molecule has 1 aliphatic heterocycles. The molecule has 88 valence electrons. The smallest absolute Gasteiger partial charge is 0.00509 e. The Balaban J connectivity index is 1.76. The van der Waals surface area contributed by atoms with Crippen LogP contribution in [0.15, 0.2) is 0 Å². The van der Waals surface area contributed by atoms with Gasteiger partial charge in [-0.25, -0.2) is 0 Å². The van der Waals surface area contributed by atoms with Gasteiger partial charge in [0, 0.05) is 12.6 Å². The van der Waals surface area contributed by atoms with Crippen LogP contribution in [0.1, 0.15) is 40.0 Å². The van der Waals surface area contributed by atoms with Crippen LogP contribution < -0.4 is 5.32 Å². The predicted octanol–water partition coefficient (Wildman–Crippen LogP) is 2.11. The second-order valence-electron chi connectivity index (χ2n) is 6.19. The number of nitrogens with zero attached hydrogens (tertiary/aromatic N) is 1. The molecule has 1 aliphatic carbocycles. The van der Waals surface area contributed by atoms with E-state index < -0.39 is 0 Å². The molecule has 0 aromatic carbocycles. The van der Waals surface area contributed by atoms with Gasteiger partial charge < -0.3 is 10.2 Å². The Hall–Kier alpha value is -0.0800. The minimum Gasteiger partial charge on any atom is -0.314 e. The third-order valence-corrected chi connectivity index (χ3v) is 4.22. The summed E-state index contributed by atoms with van der Waals surface area (Å²) in [6.45, 7) is 12.3. The van der Waals surface area contributed by atoms with Crippen LogP contribution in [0.25, 0.3) is 0 Å². The van der Waals surface area contributed by atoms with Crippen LogP contribution in [0.3, 0.4) is 0 Å². The van der Waals surface area contributed by atoms with E-state index in [1.165, 1.54) is 45.4 Å². The lowest BCUT2D eigenvalue weighted by Crippen LogP contribution is -2.39. The van der Waals surface area contributed by atoms with Gasteiger partial charge in [0.15, 0.2) is 0 Å². The van der Waals surface area contributed by atoms with Crippen molar-refractivity contribution in [3.63, 3.8) is 0 Å². The lowest BCUT2D eigenvalue weighted by molar-refractivity contribution is 0.220. The summed E-state index contributed by atoms with van der Waals surface area (Å²) in [4.78, 5) is 2.69. The van der Waals surface area contributed by atoms with E-state index in [0.29, 0.717) is 11.5 Å². The van der Waals surface area contributed by atoms with E-state index in [0.717, 1.165) is 5.92 Å². The summed E-state index contributed by atoms with van der Waals surface area (Å²) in [6.07, 6.45) is 4.07. The van der Waals surface area contributed by atoms with Crippen LogP contribution in [0, 0.1) is 11.3 Å². The van der Waals surface area contributed by atoms with Gasteiger partial charge in [-0.1, -0.05) is 13.8 Å². The number of rotatable bonds is 2. The van der Waals surface area contributed by atoms with Crippen LogP contribution in [0.4, 0.5) is 0 Å². The van der Waals surface area contributed by atoms with E-state index in [4.69, 9.17) is 0 Å². The molecule has 2 unspecified atom stereocenters. The Kier molecular flexibility index (Phi) is 3.36. The van der Waals surface area contributed by atoms with E-state index in [-0.39, 0.29) is 0 Å². The van der Waals surface area contributed by atoms with Crippen molar-refractivity contribution in [1.29, 1.82) is 0 Å². The molecule has 0 spiro atoms. The van der Waals surface area contributed by atoms with Crippen LogP contribution in [-0.4, -0.2) is 37.1 Å². The molecule has 2 atom stereocenters. The highest BCUT2D eigenvalue weighted by molar-refractivity contribution is 4.96. The average Bonchev–Trinajstić information content (AvgIpc) is 2.73. The van der Waals surface area contributed by atoms with Gasteiger partial charge in [0.2, 0.25) is 0 Å². The maximum absolute atomic E-state index is 3.56. The zero-order valence-corrected chi connectivity index (χ0v) is 10.6. The number of hydrogen-bond acceptors (Lipinski definition) is 2. The standard InChI is InChI=1S/C13H26N2/c1-11-5-8-15(7-4-6-14-11)10-12-9-13(12,2)3/h11-12,14H,4-10H2,1-3H3. The Morgan fingerprint density at radius 1 is 1.33 bits per heavy atom. The van der Waals surface area contributed by atoms with E-state index in [9.17, 15) is 0 Å². The summed E-state index contributed by atoms with van der Waals surface area (Å²) in [5.74, 6) is 0.972. The number of hydrogen-bond donors (Lipinski definition) is 1. The molecule has 2 fully saturated rings. The van der Waals surface area contributed by atoms with Crippen molar-refractivity contribution in [1.82, 2.24) is 10.2 Å². The molecule has 1 saturated heterocycles. The topological polar surface area (TPSA) is 15.3 Å². The minimum atomic E-state index is 0.645. The fourth-order valence-corrected chi connectivity index (χ4v) is 2.62. The maximum Gasteiger partial charge on any atom is 0.00509 e. The first-order valence-corrected chi connectivity index (χ1v) is 6.54. The van der Waals surface area contributed by atoms with E-state index >= 15 is 0 Å². The SMILES string of the molecule is CC1CCN(CC2CC2(C)C)CCCN1. The molecule has 0 bridgehead atoms. The van der Waals surface area contributed by atoms with Crippen LogP contribution in [-0.2, 0) is 0 Å². The molecule has 1 heterocycles. The lowest BCUT2D eigenvalue weighted by atomic mass is 10.1. The Bertz CT molecular complexity index is 213. The van der Waals surface area contributed by atoms with Crippen molar-refractivity contribution >= 4 is 0 Å². The molecule has 2 rings (SSSR count). The molecule has 1 N–H and O–H groups in total. The van der Waals surface area contributed by atoms with E-state index in [2.05, 4.69) is 31.0 Å². The minimum absolute atomic E-state index is 0.645. The van der Waals surface area contributed by atoms with Crippen molar-refractivity contribution in [2.24, 2.45) is 11.3 Å². The van der Waals surface area contributed by atoms with Crippen LogP contribution in [0.5, 0.6) is 0 Å². The molecule has 15 heavy (non-hydrogen) atoms. The Morgan fingerprint density at radius 2 is 2.07 bits per heavy atom. The van der Waals surface area contributed by atoms with Gasteiger partial charge in [0.05, 0.1) is 0 Å². The molecule has 2 aliphatic rings. The predicted molar refractivity (Wildman–Crippen MR) is 65.0 cm³/mol. The molecular weight excluding hydrogens is 184 g/mol. The van der Waals surface area contributed by atoms with Crippen molar-refractivity contribution < 1.29 is 0 Å². The molecule has 1 saturated carbocycles. The van der Waals surface area contributed by atoms with Gasteiger partial charge >= 0.3 is 0 Å². The average molecular weight is 210 g/mol. The summed E-state index contributed by atoms with van der Waals surface area (Å²) in [5, 5.41) is 3.56. The fraction of sp³-hybridized carbons (Fsp3) is 1.00. The Morgan fingerprint density at radius 3 is 2.73 bits per heavy atom. The highest BCUT2D eigenvalue weighted by atomic mass is 15.1. The normalized spacial score (nSPS) is 37.0. The van der Waals surface area contributed by atoms with Crippen LogP contribution >= 0.6 is 0 Å². The lowest BCUT2D eigenvalue weighted by Gasteiger charge is -2.28. The van der Waals surface area contributed by atoms with Gasteiger partial charge in [-0.05, 0) is 57.2 Å². The van der Waals surface area contributed by atoms with Crippen molar-refractivity contribution in [2.75, 3.05) is 26.2 Å². The summed E-state index contributed by atoms with van der Waals surface area (Å²) in [6, 6.07) is 0.708. The first-order valence-electron chi connectivity index (χ1n) is 6.54. The highest BCUT2D eigenvalue weighted by Gasteiger charge is 2.45. The molecule has 2 nitrogen and oxygen atoms in total. The summed E-state index contributed by atoms with van der Waals surface area (Å²) in [7, 11) is 0. The third-order valence-electron chi connectivity index (χ3n) is 4.22. The molecular formula is C13H26N2.